The Balaban J connectivity index is 2.34. The van der Waals surface area contributed by atoms with Gasteiger partial charge >= 0.3 is 5.97 Å². The maximum absolute atomic E-state index is 12.7. The number of amides is 1. The zero-order valence-electron chi connectivity index (χ0n) is 13.9. The second kappa shape index (κ2) is 8.15. The van der Waals surface area contributed by atoms with E-state index in [1.165, 1.54) is 7.11 Å². The van der Waals surface area contributed by atoms with Crippen molar-refractivity contribution < 1.29 is 14.3 Å². The number of nitrogens with one attached hydrogen (secondary N) is 1. The summed E-state index contributed by atoms with van der Waals surface area (Å²) in [5.41, 5.74) is 8.54. The van der Waals surface area contributed by atoms with E-state index in [9.17, 15) is 9.59 Å². The van der Waals surface area contributed by atoms with Gasteiger partial charge in [0.15, 0.2) is 0 Å². The smallest absolute Gasteiger partial charge is 0.328 e. The molecule has 0 fully saturated rings. The summed E-state index contributed by atoms with van der Waals surface area (Å²) in [7, 11) is 1.32. The molecule has 0 bridgehead atoms. The third kappa shape index (κ3) is 4.13. The predicted molar refractivity (Wildman–Crippen MR) is 94.5 cm³/mol. The standard InChI is InChI=1S/C19H22N2O3/c1-3-7-17(19(23)24-2)21-18(22)15-11-10-14(20)12-16(15)13-8-5-4-6-9-13/h4-6,8-12,17H,3,7,20H2,1-2H3,(H,21,22). The zero-order chi connectivity index (χ0) is 17.5. The number of nitrogen functional groups attached to an aromatic ring is 1. The molecule has 0 aliphatic carbocycles. The second-order valence-electron chi connectivity index (χ2n) is 5.51. The Morgan fingerprint density at radius 1 is 1.17 bits per heavy atom. The van der Waals surface area contributed by atoms with Gasteiger partial charge in [-0.15, -0.1) is 0 Å². The van der Waals surface area contributed by atoms with Gasteiger partial charge < -0.3 is 15.8 Å². The summed E-state index contributed by atoms with van der Waals surface area (Å²) in [6.45, 7) is 1.95. The van der Waals surface area contributed by atoms with Gasteiger partial charge in [0.25, 0.3) is 5.91 Å². The summed E-state index contributed by atoms with van der Waals surface area (Å²) in [6, 6.07) is 14.0. The van der Waals surface area contributed by atoms with Crippen LogP contribution in [0.4, 0.5) is 5.69 Å². The molecule has 0 heterocycles. The molecule has 1 unspecified atom stereocenters. The van der Waals surface area contributed by atoms with E-state index >= 15 is 0 Å². The van der Waals surface area contributed by atoms with E-state index in [0.717, 1.165) is 17.5 Å². The number of anilines is 1. The van der Waals surface area contributed by atoms with Crippen LogP contribution in [-0.4, -0.2) is 25.0 Å². The van der Waals surface area contributed by atoms with Crippen LogP contribution in [0.3, 0.4) is 0 Å². The number of nitrogens with two attached hydrogens (primary N) is 1. The third-order valence-electron chi connectivity index (χ3n) is 3.74. The molecule has 1 atom stereocenters. The monoisotopic (exact) mass is 326 g/mol. The maximum atomic E-state index is 12.7. The van der Waals surface area contributed by atoms with Crippen LogP contribution < -0.4 is 11.1 Å². The molecule has 126 valence electrons. The molecule has 5 nitrogen and oxygen atoms in total. The molecule has 0 aliphatic heterocycles. The Morgan fingerprint density at radius 2 is 1.88 bits per heavy atom. The van der Waals surface area contributed by atoms with Crippen molar-refractivity contribution in [2.24, 2.45) is 0 Å². The average molecular weight is 326 g/mol. The first-order chi connectivity index (χ1) is 11.6. The predicted octanol–water partition coefficient (Wildman–Crippen LogP) is 3.01. The minimum atomic E-state index is -0.659. The molecule has 24 heavy (non-hydrogen) atoms. The Kier molecular flexibility index (Phi) is 5.95. The van der Waals surface area contributed by atoms with Crippen LogP contribution in [-0.2, 0) is 9.53 Å². The van der Waals surface area contributed by atoms with E-state index in [-0.39, 0.29) is 5.91 Å². The minimum absolute atomic E-state index is 0.322. The largest absolute Gasteiger partial charge is 0.467 e. The SMILES string of the molecule is CCCC(NC(=O)c1ccc(N)cc1-c1ccccc1)C(=O)OC. The highest BCUT2D eigenvalue weighted by Crippen LogP contribution is 2.26. The molecule has 3 N–H and O–H groups in total. The Labute approximate surface area is 141 Å². The van der Waals surface area contributed by atoms with Crippen molar-refractivity contribution in [2.45, 2.75) is 25.8 Å². The molecule has 2 aromatic carbocycles. The molecule has 1 amide bonds. The van der Waals surface area contributed by atoms with Crippen LogP contribution in [0, 0.1) is 0 Å². The van der Waals surface area contributed by atoms with Gasteiger partial charge in [-0.3, -0.25) is 4.79 Å². The molecular formula is C19H22N2O3. The Hall–Kier alpha value is -2.82. The zero-order valence-corrected chi connectivity index (χ0v) is 13.9. The van der Waals surface area contributed by atoms with Crippen molar-refractivity contribution >= 4 is 17.6 Å². The molecule has 0 aliphatic rings. The summed E-state index contributed by atoms with van der Waals surface area (Å²) in [5, 5.41) is 2.76. The third-order valence-corrected chi connectivity index (χ3v) is 3.74. The van der Waals surface area contributed by atoms with Gasteiger partial charge in [-0.05, 0) is 35.7 Å². The fourth-order valence-electron chi connectivity index (χ4n) is 2.53. The molecule has 0 saturated heterocycles. The molecule has 0 spiro atoms. The number of benzene rings is 2. The van der Waals surface area contributed by atoms with Gasteiger partial charge in [-0.2, -0.15) is 0 Å². The highest BCUT2D eigenvalue weighted by atomic mass is 16.5. The van der Waals surface area contributed by atoms with Crippen molar-refractivity contribution in [3.05, 3.63) is 54.1 Å². The van der Waals surface area contributed by atoms with Gasteiger partial charge in [0.1, 0.15) is 6.04 Å². The lowest BCUT2D eigenvalue weighted by Crippen LogP contribution is -2.41. The average Bonchev–Trinajstić information content (AvgIpc) is 2.61. The Morgan fingerprint density at radius 3 is 2.50 bits per heavy atom. The number of carbonyl (C=O) groups excluding carboxylic acids is 2. The molecule has 0 radical (unpaired) electrons. The van der Waals surface area contributed by atoms with E-state index in [0.29, 0.717) is 17.7 Å². The first-order valence-corrected chi connectivity index (χ1v) is 7.90. The van der Waals surface area contributed by atoms with Crippen molar-refractivity contribution in [3.63, 3.8) is 0 Å². The van der Waals surface area contributed by atoms with E-state index in [4.69, 9.17) is 10.5 Å². The quantitative estimate of drug-likeness (QED) is 0.631. The second-order valence-corrected chi connectivity index (χ2v) is 5.51. The van der Waals surface area contributed by atoms with E-state index in [2.05, 4.69) is 5.32 Å². The van der Waals surface area contributed by atoms with Crippen LogP contribution in [0.5, 0.6) is 0 Å². The van der Waals surface area contributed by atoms with E-state index in [1.807, 2.05) is 37.3 Å². The number of rotatable bonds is 6. The lowest BCUT2D eigenvalue weighted by Gasteiger charge is -2.17. The number of hydrogen-bond acceptors (Lipinski definition) is 4. The van der Waals surface area contributed by atoms with Gasteiger partial charge in [0.05, 0.1) is 7.11 Å². The molecule has 2 aromatic rings. The summed E-state index contributed by atoms with van der Waals surface area (Å²) < 4.78 is 4.76. The van der Waals surface area contributed by atoms with Crippen LogP contribution in [0.25, 0.3) is 11.1 Å². The number of esters is 1. The summed E-state index contributed by atoms with van der Waals surface area (Å²) >= 11 is 0. The van der Waals surface area contributed by atoms with Crippen LogP contribution in [0.1, 0.15) is 30.1 Å². The molecule has 0 saturated carbocycles. The molecule has 0 aromatic heterocycles. The van der Waals surface area contributed by atoms with Crippen LogP contribution in [0.2, 0.25) is 0 Å². The topological polar surface area (TPSA) is 81.4 Å². The summed E-state index contributed by atoms with van der Waals surface area (Å²) in [6.07, 6.45) is 1.28. The van der Waals surface area contributed by atoms with Crippen LogP contribution >= 0.6 is 0 Å². The summed E-state index contributed by atoms with van der Waals surface area (Å²) in [4.78, 5) is 24.5. The Bertz CT molecular complexity index is 714. The minimum Gasteiger partial charge on any atom is -0.467 e. The van der Waals surface area contributed by atoms with Gasteiger partial charge in [-0.25, -0.2) is 4.79 Å². The van der Waals surface area contributed by atoms with E-state index < -0.39 is 12.0 Å². The first kappa shape index (κ1) is 17.5. The number of hydrogen-bond donors (Lipinski definition) is 2. The van der Waals surface area contributed by atoms with Crippen molar-refractivity contribution in [3.8, 4) is 11.1 Å². The van der Waals surface area contributed by atoms with Crippen molar-refractivity contribution in [1.29, 1.82) is 0 Å². The number of carbonyl (C=O) groups is 2. The molecule has 2 rings (SSSR count). The highest BCUT2D eigenvalue weighted by Gasteiger charge is 2.22. The summed E-state index contributed by atoms with van der Waals surface area (Å²) in [5.74, 6) is -0.764. The highest BCUT2D eigenvalue weighted by molar-refractivity contribution is 6.03. The lowest BCUT2D eigenvalue weighted by molar-refractivity contribution is -0.143. The first-order valence-electron chi connectivity index (χ1n) is 7.90. The van der Waals surface area contributed by atoms with Gasteiger partial charge in [-0.1, -0.05) is 43.7 Å². The molecule has 5 heteroatoms. The van der Waals surface area contributed by atoms with Gasteiger partial charge in [0, 0.05) is 11.3 Å². The normalized spacial score (nSPS) is 11.6. The van der Waals surface area contributed by atoms with Crippen molar-refractivity contribution in [1.82, 2.24) is 5.32 Å². The number of methoxy groups -OCH3 is 1. The maximum Gasteiger partial charge on any atom is 0.328 e. The van der Waals surface area contributed by atoms with Crippen molar-refractivity contribution in [2.75, 3.05) is 12.8 Å². The number of ether oxygens (including phenoxy) is 1. The lowest BCUT2D eigenvalue weighted by atomic mass is 9.98. The van der Waals surface area contributed by atoms with Gasteiger partial charge in [0.2, 0.25) is 0 Å². The van der Waals surface area contributed by atoms with Crippen LogP contribution in [0.15, 0.2) is 48.5 Å². The fourth-order valence-corrected chi connectivity index (χ4v) is 2.53. The molecular weight excluding hydrogens is 304 g/mol. The van der Waals surface area contributed by atoms with E-state index in [1.54, 1.807) is 18.2 Å². The fraction of sp³-hybridized carbons (Fsp3) is 0.263.